The minimum atomic E-state index is -0.849. The zero-order valence-electron chi connectivity index (χ0n) is 89.1. The van der Waals surface area contributed by atoms with Gasteiger partial charge in [0.05, 0.1) is 63.5 Å². The maximum atomic E-state index is 10.6. The van der Waals surface area contributed by atoms with Crippen molar-refractivity contribution in [2.45, 2.75) is 37.0 Å². The van der Waals surface area contributed by atoms with Crippen molar-refractivity contribution in [3.05, 3.63) is 547 Å². The lowest BCUT2D eigenvalue weighted by atomic mass is 9.33. The van der Waals surface area contributed by atoms with Crippen LogP contribution in [0, 0.1) is 0 Å². The smallest absolute Gasteiger partial charge is 0.252 e. The topological polar surface area (TPSA) is 16.3 Å². The first-order chi connectivity index (χ1) is 73.4. The Hall–Kier alpha value is -17.1. The molecule has 21 aromatic carbocycles. The molecule has 4 aliphatic rings. The Bertz CT molecular complexity index is 9100. The number of aromatic nitrogens is 2. The number of para-hydroxylation sites is 2. The molecular weight excluding hydrogens is 1650 g/mol. The summed E-state index contributed by atoms with van der Waals surface area (Å²) in [5.74, 6) is 0. The predicted octanol–water partition coefficient (Wildman–Crippen LogP) is 32.0. The highest BCUT2D eigenvalue weighted by atomic mass is 15.2. The second-order valence-corrected chi connectivity index (χ2v) is 37.3. The van der Waals surface area contributed by atoms with Crippen LogP contribution in [0.5, 0.6) is 0 Å². The lowest BCUT2D eigenvalue weighted by Crippen LogP contribution is -2.61. The highest BCUT2D eigenvalue weighted by Crippen LogP contribution is 2.61. The van der Waals surface area contributed by atoms with Gasteiger partial charge in [0, 0.05) is 66.8 Å². The molecule has 4 nitrogen and oxygen atoms in total. The second-order valence-electron chi connectivity index (χ2n) is 37.3. The van der Waals surface area contributed by atoms with Crippen LogP contribution in [0.1, 0.15) is 90.0 Å². The van der Waals surface area contributed by atoms with Crippen LogP contribution < -0.4 is 26.2 Å². The Morgan fingerprint density at radius 3 is 0.942 bits per heavy atom. The van der Waals surface area contributed by atoms with Crippen LogP contribution in [0.4, 0.5) is 34.1 Å². The number of anilines is 6. The van der Waals surface area contributed by atoms with Crippen molar-refractivity contribution in [1.82, 2.24) is 9.13 Å². The van der Waals surface area contributed by atoms with Crippen molar-refractivity contribution in [1.29, 1.82) is 0 Å². The SMILES string of the molecule is [2H]c1c([2H])c([2H])c2c(c1[2H])c1c([2H])c(-c3ccccc3)c([2H])c([2H])c1n2-c1ccc2c(c1)N(c1ccc(-c3ccccc3)cc1-c1ccc3c(c1)C(c1ccccc1)(c1ccccc1)c1ccccc1-3)c1cc(C(C)(C)C)cc3c1B2c1ccc(-n2c4c([2H])c([2H])c([2H])c([2H])c4c4c([2H])c(-c5ccccc5)c([2H])c([2H])c42)cc1N3c1ccc(-c2ccccc2)cc1-c1ccc2c(c1)C(c1ccccc1)(c1ccccc1)c1ccccc1-2. The number of hydrogen-bond donors (Lipinski definition) is 0. The monoisotopic (exact) mass is 1760 g/mol. The molecule has 642 valence electrons. The highest BCUT2D eigenvalue weighted by molar-refractivity contribution is 7.00. The van der Waals surface area contributed by atoms with Gasteiger partial charge in [0.2, 0.25) is 0 Å². The maximum Gasteiger partial charge on any atom is 0.252 e. The maximum absolute atomic E-state index is 10.6. The number of hydrogen-bond acceptors (Lipinski definition) is 2. The summed E-state index contributed by atoms with van der Waals surface area (Å²) in [6.45, 7) is 5.87. The Morgan fingerprint density at radius 2 is 0.562 bits per heavy atom. The van der Waals surface area contributed by atoms with Crippen LogP contribution in [0.15, 0.2) is 497 Å². The fraction of sp³-hybridized carbons (Fsp3) is 0.0455. The summed E-state index contributed by atoms with van der Waals surface area (Å²) in [4.78, 5) is 4.76. The molecule has 137 heavy (non-hydrogen) atoms. The molecular formula is C132H91BN4. The molecule has 0 atom stereocenters. The summed E-state index contributed by atoms with van der Waals surface area (Å²) in [5, 5.41) is 0.201. The van der Waals surface area contributed by atoms with E-state index in [-0.39, 0.29) is 91.0 Å². The highest BCUT2D eigenvalue weighted by Gasteiger charge is 2.50. The van der Waals surface area contributed by atoms with Crippen LogP contribution >= 0.6 is 0 Å². The standard InChI is InChI=1S/C132H91BN4/c1-130(2,3)100-82-127-129-128(83-100)137(122-73-63-91(87-38-14-5-15-39-87)77-110(122)95-61-69-106-104-53-29-33-57-114(104)132(116(106)81-95,98-48-24-10-25-49-98)99-50-26-11-27-51-99)126-85-102(135-120-59-35-31-55-108(120)112-79-93(65-75-124(112)135)89-42-18-7-19-43-89)67-71-118(126)133(129)117-70-66-101(134-119-58-34-30-54-107(119)111-78-92(64-74-123(111)134)88-40-16-6-17-41-88)84-125(117)136(127)121-72-62-90(86-36-12-4-13-37-86)76-109(121)94-60-68-105-103-52-28-32-56-113(103)131(115(105)80-94,96-44-20-8-21-45-96)97-46-22-9-23-47-97/h4-85H,1-3H3/i30D,31D,34D,35D,54D,55D,58D,59D,64D,65D,74D,75D,78D,79D. The van der Waals surface area contributed by atoms with Gasteiger partial charge in [-0.1, -0.05) is 409 Å². The minimum absolute atomic E-state index is 0.0103. The molecule has 2 aliphatic carbocycles. The van der Waals surface area contributed by atoms with Crippen LogP contribution in [0.25, 0.3) is 144 Å². The number of rotatable bonds is 14. The summed E-state index contributed by atoms with van der Waals surface area (Å²) in [7, 11) is 0. The van der Waals surface area contributed by atoms with Crippen molar-refractivity contribution in [3.8, 4) is 100 Å². The first-order valence-corrected chi connectivity index (χ1v) is 46.8. The summed E-state index contributed by atoms with van der Waals surface area (Å²) >= 11 is 0. The molecule has 27 rings (SSSR count). The molecule has 0 bridgehead atoms. The molecule has 0 fully saturated rings. The average Bonchev–Trinajstić information content (AvgIpc) is 1.16. The van der Waals surface area contributed by atoms with E-state index < -0.39 is 71.3 Å². The van der Waals surface area contributed by atoms with Gasteiger partial charge in [-0.3, -0.25) is 0 Å². The van der Waals surface area contributed by atoms with Crippen LogP contribution in [0.2, 0.25) is 0 Å². The molecule has 0 unspecified atom stereocenters. The van der Waals surface area contributed by atoms with Crippen molar-refractivity contribution in [2.24, 2.45) is 0 Å². The molecule has 5 heteroatoms. The summed E-state index contributed by atoms with van der Waals surface area (Å²) in [6.07, 6.45) is 0. The normalized spacial score (nSPS) is 14.9. The Labute approximate surface area is 818 Å². The van der Waals surface area contributed by atoms with Gasteiger partial charge >= 0.3 is 0 Å². The lowest BCUT2D eigenvalue weighted by molar-refractivity contribution is 0.590. The van der Waals surface area contributed by atoms with Gasteiger partial charge in [0.1, 0.15) is 0 Å². The minimum Gasteiger partial charge on any atom is -0.311 e. The third-order valence-electron chi connectivity index (χ3n) is 29.1. The summed E-state index contributed by atoms with van der Waals surface area (Å²) in [6, 6.07) is 138. The van der Waals surface area contributed by atoms with Gasteiger partial charge in [0.25, 0.3) is 6.71 Å². The third-order valence-corrected chi connectivity index (χ3v) is 29.1. The predicted molar refractivity (Wildman–Crippen MR) is 575 cm³/mol. The molecule has 0 spiro atoms. The van der Waals surface area contributed by atoms with Crippen LogP contribution in [-0.2, 0) is 16.2 Å². The summed E-state index contributed by atoms with van der Waals surface area (Å²) in [5.41, 5.74) is 27.6. The third kappa shape index (κ3) is 12.2. The van der Waals surface area contributed by atoms with Crippen molar-refractivity contribution in [3.63, 3.8) is 0 Å². The molecule has 2 aromatic heterocycles. The molecule has 0 N–H and O–H groups in total. The molecule has 0 saturated heterocycles. The van der Waals surface area contributed by atoms with Gasteiger partial charge in [-0.05, 0) is 259 Å². The van der Waals surface area contributed by atoms with E-state index in [0.29, 0.717) is 33.9 Å². The van der Waals surface area contributed by atoms with Gasteiger partial charge in [0.15, 0.2) is 0 Å². The molecule has 2 aliphatic heterocycles. The molecule has 0 amide bonds. The second kappa shape index (κ2) is 31.3. The molecule has 0 saturated carbocycles. The van der Waals surface area contributed by atoms with Gasteiger partial charge < -0.3 is 18.9 Å². The first-order valence-electron chi connectivity index (χ1n) is 53.8. The number of nitrogens with zero attached hydrogens (tertiary/aromatic N) is 4. The van der Waals surface area contributed by atoms with E-state index >= 15 is 0 Å². The Balaban J connectivity index is 0.805. The van der Waals surface area contributed by atoms with Gasteiger partial charge in [-0.15, -0.1) is 0 Å². The van der Waals surface area contributed by atoms with Crippen LogP contribution in [-0.4, -0.2) is 15.8 Å². The Kier molecular flexibility index (Phi) is 15.1. The van der Waals surface area contributed by atoms with E-state index in [0.717, 1.165) is 156 Å². The summed E-state index contributed by atoms with van der Waals surface area (Å²) < 4.78 is 145. The van der Waals surface area contributed by atoms with E-state index in [9.17, 15) is 19.2 Å². The number of benzene rings is 21. The molecule has 4 heterocycles. The quantitative estimate of drug-likeness (QED) is 0.101. The molecule has 0 radical (unpaired) electrons. The number of fused-ring (bicyclic) bond motifs is 16. The van der Waals surface area contributed by atoms with E-state index in [4.69, 9.17) is 0 Å². The van der Waals surface area contributed by atoms with Gasteiger partial charge in [-0.25, -0.2) is 0 Å². The lowest BCUT2D eigenvalue weighted by Gasteiger charge is -2.46. The fourth-order valence-corrected chi connectivity index (χ4v) is 23.0. The largest absolute Gasteiger partial charge is 0.311 e. The van der Waals surface area contributed by atoms with E-state index in [1.165, 1.54) is 0 Å². The van der Waals surface area contributed by atoms with E-state index in [2.05, 4.69) is 358 Å². The van der Waals surface area contributed by atoms with E-state index in [1.54, 1.807) is 33.4 Å². The van der Waals surface area contributed by atoms with E-state index in [1.807, 2.05) is 60.7 Å². The van der Waals surface area contributed by atoms with Crippen molar-refractivity contribution < 1.29 is 19.2 Å². The van der Waals surface area contributed by atoms with Crippen LogP contribution in [0.3, 0.4) is 0 Å². The van der Waals surface area contributed by atoms with Crippen molar-refractivity contribution >= 4 is 101 Å². The average molecular weight is 1760 g/mol. The Morgan fingerprint density at radius 1 is 0.234 bits per heavy atom. The molecule has 23 aromatic rings. The zero-order chi connectivity index (χ0) is 103. The zero-order valence-corrected chi connectivity index (χ0v) is 75.1. The van der Waals surface area contributed by atoms with Crippen molar-refractivity contribution in [2.75, 3.05) is 9.80 Å². The first kappa shape index (κ1) is 66.3. The van der Waals surface area contributed by atoms with Gasteiger partial charge in [-0.2, -0.15) is 0 Å². The fourth-order valence-electron chi connectivity index (χ4n) is 23.0.